The number of amides is 1. The number of fused-ring (bicyclic) bond motifs is 1. The normalized spacial score (nSPS) is 16.9. The number of benzene rings is 3. The molecule has 3 aromatic rings. The lowest BCUT2D eigenvalue weighted by atomic mass is 9.93. The topological polar surface area (TPSA) is 80.2 Å². The molecule has 1 amide bonds. The largest absolute Gasteiger partial charge is 0.489 e. The van der Waals surface area contributed by atoms with Gasteiger partial charge in [0.05, 0.1) is 35.9 Å². The van der Waals surface area contributed by atoms with Crippen LogP contribution in [0.1, 0.15) is 62.9 Å². The van der Waals surface area contributed by atoms with Gasteiger partial charge in [0.1, 0.15) is 12.4 Å². The van der Waals surface area contributed by atoms with Crippen molar-refractivity contribution in [3.8, 4) is 5.75 Å². The molecule has 1 N–H and O–H groups in total. The summed E-state index contributed by atoms with van der Waals surface area (Å²) >= 11 is 1.45. The molecule has 3 aromatic carbocycles. The van der Waals surface area contributed by atoms with Crippen molar-refractivity contribution in [2.24, 2.45) is 4.99 Å². The Hall–Kier alpha value is -4.30. The Morgan fingerprint density at radius 1 is 0.976 bits per heavy atom. The zero-order chi connectivity index (χ0) is 29.6. The summed E-state index contributed by atoms with van der Waals surface area (Å²) in [5, 5.41) is 5.76. The molecular weight excluding hydrogens is 546 g/mol. The maximum atomic E-state index is 13.5. The Labute approximate surface area is 251 Å². The Morgan fingerprint density at radius 3 is 2.40 bits per heavy atom. The molecular formula is C34H35N3O4S. The van der Waals surface area contributed by atoms with Gasteiger partial charge < -0.3 is 19.7 Å². The third-order valence-corrected chi connectivity index (χ3v) is 7.89. The van der Waals surface area contributed by atoms with E-state index in [2.05, 4.69) is 5.32 Å². The van der Waals surface area contributed by atoms with Crippen LogP contribution in [0, 0.1) is 0 Å². The molecule has 216 valence electrons. The number of nitrogens with zero attached hydrogens (tertiary/aromatic N) is 2. The SMILES string of the molecule is CC1=C(C(=O)OC(C)C)[C@H](c2cccc(OCc3ccccc3)c2)N2C(CC(=O)N[C@@H](C)c3ccccc3)=CSC2=N1. The van der Waals surface area contributed by atoms with Gasteiger partial charge in [-0.05, 0) is 61.9 Å². The first-order chi connectivity index (χ1) is 20.3. The number of thioether (sulfide) groups is 1. The van der Waals surface area contributed by atoms with Crippen LogP contribution in [-0.2, 0) is 20.9 Å². The molecule has 5 rings (SSSR count). The Balaban J connectivity index is 1.43. The van der Waals surface area contributed by atoms with Crippen LogP contribution in [0.4, 0.5) is 0 Å². The number of esters is 1. The summed E-state index contributed by atoms with van der Waals surface area (Å²) < 4.78 is 11.8. The molecule has 42 heavy (non-hydrogen) atoms. The van der Waals surface area contributed by atoms with Crippen LogP contribution >= 0.6 is 11.8 Å². The quantitative estimate of drug-likeness (QED) is 0.258. The molecule has 7 nitrogen and oxygen atoms in total. The fraction of sp³-hybridized carbons (Fsp3) is 0.265. The molecule has 2 heterocycles. The van der Waals surface area contributed by atoms with Gasteiger partial charge in [0.2, 0.25) is 5.91 Å². The highest BCUT2D eigenvalue weighted by atomic mass is 32.2. The van der Waals surface area contributed by atoms with Gasteiger partial charge in [-0.25, -0.2) is 9.79 Å². The molecule has 0 aliphatic carbocycles. The highest BCUT2D eigenvalue weighted by molar-refractivity contribution is 8.16. The van der Waals surface area contributed by atoms with Crippen molar-refractivity contribution < 1.29 is 19.1 Å². The van der Waals surface area contributed by atoms with Gasteiger partial charge in [-0.15, -0.1) is 0 Å². The standard InChI is InChI=1S/C34H35N3O4S/c1-22(2)41-33(39)31-24(4)36-34-37(28(21-42-34)19-30(38)35-23(3)26-14-9-6-10-15-26)32(31)27-16-11-17-29(18-27)40-20-25-12-7-5-8-13-25/h5-18,21-23,32H,19-20H2,1-4H3,(H,35,38)/t23-,32-/m0/s1. The molecule has 0 spiro atoms. The number of carbonyl (C=O) groups is 2. The van der Waals surface area contributed by atoms with Crippen molar-refractivity contribution in [2.75, 3.05) is 0 Å². The van der Waals surface area contributed by atoms with Crippen LogP contribution in [0.5, 0.6) is 5.75 Å². The van der Waals surface area contributed by atoms with Crippen molar-refractivity contribution in [1.29, 1.82) is 0 Å². The third-order valence-electron chi connectivity index (χ3n) is 7.00. The van der Waals surface area contributed by atoms with Gasteiger partial charge in [-0.3, -0.25) is 4.79 Å². The average Bonchev–Trinajstić information content (AvgIpc) is 3.37. The molecule has 2 atom stereocenters. The number of aliphatic imine (C=N–C) groups is 1. The third kappa shape index (κ3) is 6.77. The highest BCUT2D eigenvalue weighted by Gasteiger charge is 2.41. The second-order valence-electron chi connectivity index (χ2n) is 10.6. The van der Waals surface area contributed by atoms with Crippen LogP contribution in [-0.4, -0.2) is 28.0 Å². The summed E-state index contributed by atoms with van der Waals surface area (Å²) in [7, 11) is 0. The lowest BCUT2D eigenvalue weighted by Crippen LogP contribution is -2.38. The number of hydrogen-bond acceptors (Lipinski definition) is 7. The summed E-state index contributed by atoms with van der Waals surface area (Å²) in [4.78, 5) is 33.5. The van der Waals surface area contributed by atoms with Gasteiger partial charge in [0, 0.05) is 5.70 Å². The fourth-order valence-electron chi connectivity index (χ4n) is 5.02. The van der Waals surface area contributed by atoms with Crippen LogP contribution in [0.15, 0.2) is 112 Å². The molecule has 0 unspecified atom stereocenters. The number of nitrogens with one attached hydrogen (secondary N) is 1. The molecule has 0 saturated carbocycles. The molecule has 0 saturated heterocycles. The number of rotatable bonds is 10. The van der Waals surface area contributed by atoms with E-state index >= 15 is 0 Å². The Kier molecular flexibility index (Phi) is 9.12. The Morgan fingerprint density at radius 2 is 1.69 bits per heavy atom. The predicted octanol–water partition coefficient (Wildman–Crippen LogP) is 7.06. The van der Waals surface area contributed by atoms with Crippen molar-refractivity contribution in [1.82, 2.24) is 10.2 Å². The molecule has 2 aliphatic rings. The summed E-state index contributed by atoms with van der Waals surface area (Å²) in [6.07, 6.45) is -0.160. The van der Waals surface area contributed by atoms with Crippen LogP contribution in [0.3, 0.4) is 0 Å². The number of allylic oxidation sites excluding steroid dienone is 1. The number of carbonyl (C=O) groups excluding carboxylic acids is 2. The smallest absolute Gasteiger partial charge is 0.338 e. The molecule has 8 heteroatoms. The number of amidine groups is 1. The minimum absolute atomic E-state index is 0.115. The van der Waals surface area contributed by atoms with Crippen molar-refractivity contribution in [2.45, 2.75) is 58.9 Å². The maximum absolute atomic E-state index is 13.5. The molecule has 0 aromatic heterocycles. The van der Waals surface area contributed by atoms with Crippen LogP contribution in [0.2, 0.25) is 0 Å². The first kappa shape index (κ1) is 29.2. The van der Waals surface area contributed by atoms with E-state index in [-0.39, 0.29) is 24.5 Å². The van der Waals surface area contributed by atoms with Crippen molar-refractivity contribution in [3.63, 3.8) is 0 Å². The van der Waals surface area contributed by atoms with Crippen molar-refractivity contribution >= 4 is 28.8 Å². The minimum Gasteiger partial charge on any atom is -0.489 e. The van der Waals surface area contributed by atoms with E-state index < -0.39 is 12.0 Å². The zero-order valence-corrected chi connectivity index (χ0v) is 25.1. The van der Waals surface area contributed by atoms with E-state index in [1.807, 2.05) is 123 Å². The summed E-state index contributed by atoms with van der Waals surface area (Å²) in [5.41, 5.74) is 4.73. The second-order valence-corrected chi connectivity index (χ2v) is 11.4. The number of ether oxygens (including phenoxy) is 2. The predicted molar refractivity (Wildman–Crippen MR) is 166 cm³/mol. The summed E-state index contributed by atoms with van der Waals surface area (Å²) in [6, 6.07) is 26.9. The van der Waals surface area contributed by atoms with Gasteiger partial charge in [0.25, 0.3) is 0 Å². The lowest BCUT2D eigenvalue weighted by molar-refractivity contribution is -0.143. The summed E-state index contributed by atoms with van der Waals surface area (Å²) in [6.45, 7) is 7.87. The lowest BCUT2D eigenvalue weighted by Gasteiger charge is -2.36. The second kappa shape index (κ2) is 13.1. The fourth-order valence-corrected chi connectivity index (χ4v) is 5.99. The van der Waals surface area contributed by atoms with Crippen LogP contribution < -0.4 is 10.1 Å². The monoisotopic (exact) mass is 581 g/mol. The molecule has 0 fully saturated rings. The molecule has 0 radical (unpaired) electrons. The average molecular weight is 582 g/mol. The molecule has 0 bridgehead atoms. The first-order valence-corrected chi connectivity index (χ1v) is 14.9. The maximum Gasteiger partial charge on any atom is 0.338 e. The molecule has 2 aliphatic heterocycles. The highest BCUT2D eigenvalue weighted by Crippen LogP contribution is 2.45. The van der Waals surface area contributed by atoms with Crippen LogP contribution in [0.25, 0.3) is 0 Å². The van der Waals surface area contributed by atoms with E-state index in [0.29, 0.717) is 28.8 Å². The van der Waals surface area contributed by atoms with E-state index in [1.54, 1.807) is 0 Å². The van der Waals surface area contributed by atoms with Gasteiger partial charge in [-0.1, -0.05) is 84.6 Å². The Bertz CT molecular complexity index is 1530. The van der Waals surface area contributed by atoms with E-state index in [1.165, 1.54) is 11.8 Å². The first-order valence-electron chi connectivity index (χ1n) is 14.1. The van der Waals surface area contributed by atoms with E-state index in [9.17, 15) is 9.59 Å². The van der Waals surface area contributed by atoms with Gasteiger partial charge in [0.15, 0.2) is 5.17 Å². The van der Waals surface area contributed by atoms with Crippen molar-refractivity contribution in [3.05, 3.63) is 124 Å². The minimum atomic E-state index is -0.537. The van der Waals surface area contributed by atoms with Gasteiger partial charge >= 0.3 is 5.97 Å². The summed E-state index contributed by atoms with van der Waals surface area (Å²) in [5.74, 6) is 0.140. The van der Waals surface area contributed by atoms with E-state index in [0.717, 1.165) is 22.4 Å². The van der Waals surface area contributed by atoms with Gasteiger partial charge in [-0.2, -0.15) is 0 Å². The zero-order valence-electron chi connectivity index (χ0n) is 24.2. The number of hydrogen-bond donors (Lipinski definition) is 1. The van der Waals surface area contributed by atoms with E-state index in [4.69, 9.17) is 14.5 Å².